The van der Waals surface area contributed by atoms with Gasteiger partial charge in [0.15, 0.2) is 0 Å². The molecule has 1 aliphatic rings. The zero-order valence-electron chi connectivity index (χ0n) is 13.5. The van der Waals surface area contributed by atoms with Crippen molar-refractivity contribution in [2.75, 3.05) is 11.6 Å². The average Bonchev–Trinajstić information content (AvgIpc) is 2.90. The van der Waals surface area contributed by atoms with Crippen molar-refractivity contribution in [1.29, 1.82) is 0 Å². The van der Waals surface area contributed by atoms with E-state index in [-0.39, 0.29) is 5.91 Å². The largest absolute Gasteiger partial charge is 0.489 e. The van der Waals surface area contributed by atoms with Crippen molar-refractivity contribution in [1.82, 2.24) is 0 Å². The van der Waals surface area contributed by atoms with Gasteiger partial charge in [0.05, 0.1) is 17.0 Å². The molecule has 0 radical (unpaired) electrons. The number of nitrogens with zero attached hydrogens (tertiary/aromatic N) is 2. The molecule has 120 valence electrons. The first kappa shape index (κ1) is 15.7. The molecule has 0 atom stereocenters. The summed E-state index contributed by atoms with van der Waals surface area (Å²) in [5.74, 6) is 0.570. The lowest BCUT2D eigenvalue weighted by Crippen LogP contribution is -2.21. The molecule has 4 nitrogen and oxygen atoms in total. The highest BCUT2D eigenvalue weighted by atomic mass is 16.5. The van der Waals surface area contributed by atoms with Gasteiger partial charge in [-0.2, -0.15) is 10.1 Å². The van der Waals surface area contributed by atoms with Gasteiger partial charge in [-0.25, -0.2) is 0 Å². The minimum atomic E-state index is -0.141. The molecule has 0 fully saturated rings. The van der Waals surface area contributed by atoms with E-state index in [1.807, 2.05) is 67.6 Å². The Bertz CT molecular complexity index is 823. The van der Waals surface area contributed by atoms with Crippen molar-refractivity contribution in [2.24, 2.45) is 5.10 Å². The van der Waals surface area contributed by atoms with Crippen LogP contribution in [0.15, 0.2) is 77.9 Å². The lowest BCUT2D eigenvalue weighted by Gasteiger charge is -2.11. The second kappa shape index (κ2) is 6.96. The minimum absolute atomic E-state index is 0.141. The Morgan fingerprint density at radius 3 is 2.58 bits per heavy atom. The van der Waals surface area contributed by atoms with Gasteiger partial charge in [0.1, 0.15) is 12.4 Å². The molecular weight excluding hydrogens is 300 g/mol. The van der Waals surface area contributed by atoms with Crippen molar-refractivity contribution in [3.63, 3.8) is 0 Å². The molecule has 0 aliphatic carbocycles. The van der Waals surface area contributed by atoms with E-state index in [4.69, 9.17) is 4.74 Å². The van der Waals surface area contributed by atoms with Gasteiger partial charge < -0.3 is 4.74 Å². The van der Waals surface area contributed by atoms with Gasteiger partial charge in [0.25, 0.3) is 5.91 Å². The molecule has 4 heteroatoms. The Morgan fingerprint density at radius 2 is 1.83 bits per heavy atom. The summed E-state index contributed by atoms with van der Waals surface area (Å²) in [7, 11) is 0. The van der Waals surface area contributed by atoms with Gasteiger partial charge in [-0.05, 0) is 31.2 Å². The number of para-hydroxylation sites is 2. The molecule has 3 rings (SSSR count). The zero-order valence-corrected chi connectivity index (χ0v) is 13.5. The van der Waals surface area contributed by atoms with Crippen LogP contribution >= 0.6 is 0 Å². The normalized spacial score (nSPS) is 15.5. The monoisotopic (exact) mass is 318 g/mol. The number of carbonyl (C=O) groups excluding carboxylic acids is 1. The number of carbonyl (C=O) groups is 1. The second-order valence-corrected chi connectivity index (χ2v) is 5.33. The Labute approximate surface area is 141 Å². The molecule has 2 aromatic carbocycles. The van der Waals surface area contributed by atoms with E-state index in [2.05, 4.69) is 11.7 Å². The number of rotatable bonds is 5. The van der Waals surface area contributed by atoms with Crippen LogP contribution < -0.4 is 9.75 Å². The van der Waals surface area contributed by atoms with Crippen LogP contribution in [-0.2, 0) is 4.79 Å². The van der Waals surface area contributed by atoms with Gasteiger partial charge in [-0.15, -0.1) is 0 Å². The summed E-state index contributed by atoms with van der Waals surface area (Å²) in [5.41, 5.74) is 2.84. The van der Waals surface area contributed by atoms with Crippen LogP contribution in [0, 0.1) is 0 Å². The van der Waals surface area contributed by atoms with Crippen LogP contribution in [-0.4, -0.2) is 18.2 Å². The quantitative estimate of drug-likeness (QED) is 0.616. The highest BCUT2D eigenvalue weighted by molar-refractivity contribution is 6.32. The zero-order chi connectivity index (χ0) is 16.9. The summed E-state index contributed by atoms with van der Waals surface area (Å²) < 4.78 is 5.65. The van der Waals surface area contributed by atoms with Gasteiger partial charge in [0, 0.05) is 5.56 Å². The topological polar surface area (TPSA) is 41.9 Å². The Morgan fingerprint density at radius 1 is 1.12 bits per heavy atom. The van der Waals surface area contributed by atoms with Gasteiger partial charge in [0.2, 0.25) is 0 Å². The van der Waals surface area contributed by atoms with Crippen molar-refractivity contribution < 1.29 is 9.53 Å². The maximum absolute atomic E-state index is 12.7. The van der Waals surface area contributed by atoms with Crippen LogP contribution in [0.3, 0.4) is 0 Å². The van der Waals surface area contributed by atoms with Gasteiger partial charge >= 0.3 is 0 Å². The van der Waals surface area contributed by atoms with Crippen molar-refractivity contribution >= 4 is 23.4 Å². The average molecular weight is 318 g/mol. The summed E-state index contributed by atoms with van der Waals surface area (Å²) in [4.78, 5) is 12.7. The first-order valence-electron chi connectivity index (χ1n) is 7.70. The highest BCUT2D eigenvalue weighted by Gasteiger charge is 2.28. The minimum Gasteiger partial charge on any atom is -0.489 e. The maximum Gasteiger partial charge on any atom is 0.280 e. The third-order valence-corrected chi connectivity index (χ3v) is 3.64. The molecule has 1 aliphatic heterocycles. The molecule has 24 heavy (non-hydrogen) atoms. The third kappa shape index (κ3) is 3.13. The molecule has 0 saturated carbocycles. The van der Waals surface area contributed by atoms with E-state index in [1.165, 1.54) is 5.01 Å². The lowest BCUT2D eigenvalue weighted by atomic mass is 10.1. The van der Waals surface area contributed by atoms with Crippen molar-refractivity contribution in [3.05, 3.63) is 78.4 Å². The summed E-state index contributed by atoms with van der Waals surface area (Å²) in [5, 5.41) is 5.81. The van der Waals surface area contributed by atoms with Gasteiger partial charge in [-0.1, -0.05) is 49.1 Å². The summed E-state index contributed by atoms with van der Waals surface area (Å²) in [6, 6.07) is 17.0. The van der Waals surface area contributed by atoms with Crippen molar-refractivity contribution in [3.8, 4) is 5.75 Å². The van der Waals surface area contributed by atoms with Gasteiger partial charge in [-0.3, -0.25) is 4.79 Å². The standard InChI is InChI=1S/C20H18N2O2/c1-3-13-24-19-12-8-7-9-16(19)14-18-15(2)21-22(20(18)23)17-10-5-4-6-11-17/h3-12,14H,1,13H2,2H3/b18-14+. The summed E-state index contributed by atoms with van der Waals surface area (Å²) in [6.45, 7) is 5.90. The molecule has 0 N–H and O–H groups in total. The molecule has 2 aromatic rings. The fourth-order valence-corrected chi connectivity index (χ4v) is 2.46. The Hall–Kier alpha value is -3.14. The van der Waals surface area contributed by atoms with Crippen LogP contribution in [0.4, 0.5) is 5.69 Å². The molecule has 0 spiro atoms. The molecule has 1 heterocycles. The number of ether oxygens (including phenoxy) is 1. The van der Waals surface area contributed by atoms with Crippen LogP contribution in [0.1, 0.15) is 12.5 Å². The predicted molar refractivity (Wildman–Crippen MR) is 97.1 cm³/mol. The fraction of sp³-hybridized carbons (Fsp3) is 0.100. The highest BCUT2D eigenvalue weighted by Crippen LogP contribution is 2.27. The third-order valence-electron chi connectivity index (χ3n) is 3.64. The SMILES string of the molecule is C=CCOc1ccccc1/C=C1/C(=O)N(c2ccccc2)N=C1C. The Kier molecular flexibility index (Phi) is 4.57. The van der Waals surface area contributed by atoms with E-state index in [9.17, 15) is 4.79 Å². The molecule has 0 aromatic heterocycles. The molecule has 0 saturated heterocycles. The van der Waals surface area contributed by atoms with Crippen molar-refractivity contribution in [2.45, 2.75) is 6.92 Å². The number of hydrogen-bond donors (Lipinski definition) is 0. The number of hydrogen-bond acceptors (Lipinski definition) is 3. The summed E-state index contributed by atoms with van der Waals surface area (Å²) >= 11 is 0. The van der Waals surface area contributed by atoms with Crippen LogP contribution in [0.2, 0.25) is 0 Å². The first-order chi connectivity index (χ1) is 11.7. The first-order valence-corrected chi connectivity index (χ1v) is 7.70. The van der Waals surface area contributed by atoms with E-state index in [0.717, 1.165) is 11.3 Å². The number of hydrazone groups is 1. The maximum atomic E-state index is 12.7. The Balaban J connectivity index is 1.93. The molecule has 0 unspecified atom stereocenters. The smallest absolute Gasteiger partial charge is 0.280 e. The molecule has 0 bridgehead atoms. The fourth-order valence-electron chi connectivity index (χ4n) is 2.46. The predicted octanol–water partition coefficient (Wildman–Crippen LogP) is 4.06. The number of benzene rings is 2. The van der Waals surface area contributed by atoms with Crippen LogP contribution in [0.5, 0.6) is 5.75 Å². The lowest BCUT2D eigenvalue weighted by molar-refractivity contribution is -0.114. The molecular formula is C20H18N2O2. The number of amides is 1. The second-order valence-electron chi connectivity index (χ2n) is 5.33. The van der Waals surface area contributed by atoms with E-state index < -0.39 is 0 Å². The van der Waals surface area contributed by atoms with Crippen LogP contribution in [0.25, 0.3) is 6.08 Å². The summed E-state index contributed by atoms with van der Waals surface area (Å²) in [6.07, 6.45) is 3.51. The van der Waals surface area contributed by atoms with E-state index in [1.54, 1.807) is 6.08 Å². The van der Waals surface area contributed by atoms with E-state index in [0.29, 0.717) is 23.6 Å². The van der Waals surface area contributed by atoms with E-state index >= 15 is 0 Å². The molecule has 1 amide bonds. The number of anilines is 1.